The Labute approximate surface area is 53.2 Å². The van der Waals surface area contributed by atoms with Crippen LogP contribution in [0.5, 0.6) is 0 Å². The van der Waals surface area contributed by atoms with E-state index in [4.69, 9.17) is 10.9 Å². The zero-order chi connectivity index (χ0) is 6.69. The van der Waals surface area contributed by atoms with Crippen LogP contribution in [0.3, 0.4) is 0 Å². The van der Waals surface area contributed by atoms with Crippen LogP contribution in [-0.2, 0) is 0 Å². The quantitative estimate of drug-likeness (QED) is 0.231. The summed E-state index contributed by atoms with van der Waals surface area (Å²) in [6, 6.07) is 0. The fourth-order valence-corrected chi connectivity index (χ4v) is 0.696. The molecule has 0 aliphatic heterocycles. The molecule has 1 aliphatic rings. The Morgan fingerprint density at radius 2 is 2.00 bits per heavy atom. The molecule has 3 heteroatoms. The monoisotopic (exact) mass is 124 g/mol. The highest BCUT2D eigenvalue weighted by Gasteiger charge is 2.07. The maximum atomic E-state index is 8.19. The lowest BCUT2D eigenvalue weighted by Crippen LogP contribution is -2.19. The first-order chi connectivity index (χ1) is 4.34. The van der Waals surface area contributed by atoms with E-state index in [0.29, 0.717) is 0 Å². The predicted octanol–water partition coefficient (Wildman–Crippen LogP) is 0.475. The molecule has 0 spiro atoms. The lowest BCUT2D eigenvalue weighted by Gasteiger charge is -1.98. The minimum atomic E-state index is -0.00463. The standard InChI is InChI=1S/C6H8N2O/c7-6(8-9)5-3-1-2-4-5/h1-5,9H,(H2,7,8). The second kappa shape index (κ2) is 2.35. The maximum absolute atomic E-state index is 8.19. The molecule has 9 heavy (non-hydrogen) atoms. The number of oxime groups is 1. The lowest BCUT2D eigenvalue weighted by molar-refractivity contribution is 0.316. The molecule has 3 nitrogen and oxygen atoms in total. The number of allylic oxidation sites excluding steroid dienone is 2. The predicted molar refractivity (Wildman–Crippen MR) is 35.2 cm³/mol. The van der Waals surface area contributed by atoms with E-state index in [1.807, 2.05) is 24.3 Å². The van der Waals surface area contributed by atoms with Crippen molar-refractivity contribution in [3.8, 4) is 0 Å². The topological polar surface area (TPSA) is 58.6 Å². The fraction of sp³-hybridized carbons (Fsp3) is 0.167. The Morgan fingerprint density at radius 3 is 2.44 bits per heavy atom. The Morgan fingerprint density at radius 1 is 1.44 bits per heavy atom. The van der Waals surface area contributed by atoms with Crippen molar-refractivity contribution in [3.63, 3.8) is 0 Å². The van der Waals surface area contributed by atoms with Gasteiger partial charge in [0, 0.05) is 0 Å². The van der Waals surface area contributed by atoms with Crippen molar-refractivity contribution in [2.24, 2.45) is 16.8 Å². The molecule has 48 valence electrons. The van der Waals surface area contributed by atoms with Crippen molar-refractivity contribution in [2.45, 2.75) is 0 Å². The Hall–Kier alpha value is -1.25. The molecule has 0 saturated heterocycles. The summed E-state index contributed by atoms with van der Waals surface area (Å²) < 4.78 is 0. The first-order valence-electron chi connectivity index (χ1n) is 2.67. The van der Waals surface area contributed by atoms with Gasteiger partial charge in [0.05, 0.1) is 5.92 Å². The normalized spacial score (nSPS) is 19.3. The number of amidine groups is 1. The summed E-state index contributed by atoms with van der Waals surface area (Å²) in [6.45, 7) is 0. The van der Waals surface area contributed by atoms with Crippen molar-refractivity contribution < 1.29 is 5.21 Å². The number of rotatable bonds is 1. The summed E-state index contributed by atoms with van der Waals surface area (Å²) in [5, 5.41) is 11.1. The molecule has 1 rings (SSSR count). The van der Waals surface area contributed by atoms with Crippen LogP contribution >= 0.6 is 0 Å². The highest BCUT2D eigenvalue weighted by atomic mass is 16.4. The van der Waals surface area contributed by atoms with Crippen molar-refractivity contribution in [1.82, 2.24) is 0 Å². The van der Waals surface area contributed by atoms with Crippen molar-refractivity contribution in [1.29, 1.82) is 0 Å². The highest BCUT2D eigenvalue weighted by molar-refractivity contribution is 5.86. The SMILES string of the molecule is N/C(=N\O)C1C=CC=C1. The fourth-order valence-electron chi connectivity index (χ4n) is 0.696. The molecule has 3 N–H and O–H groups in total. The molecule has 1 aliphatic carbocycles. The van der Waals surface area contributed by atoms with E-state index in [0.717, 1.165) is 0 Å². The largest absolute Gasteiger partial charge is 0.409 e. The van der Waals surface area contributed by atoms with Crippen LogP contribution in [0, 0.1) is 5.92 Å². The van der Waals surface area contributed by atoms with Gasteiger partial charge in [-0.2, -0.15) is 0 Å². The summed E-state index contributed by atoms with van der Waals surface area (Å²) in [4.78, 5) is 0. The molecular weight excluding hydrogens is 116 g/mol. The summed E-state index contributed by atoms with van der Waals surface area (Å²) in [5.41, 5.74) is 5.28. The third-order valence-electron chi connectivity index (χ3n) is 1.20. The van der Waals surface area contributed by atoms with Crippen LogP contribution in [-0.4, -0.2) is 11.0 Å². The smallest absolute Gasteiger partial charge is 0.149 e. The molecule has 0 heterocycles. The van der Waals surface area contributed by atoms with E-state index in [9.17, 15) is 0 Å². The van der Waals surface area contributed by atoms with E-state index in [1.54, 1.807) is 0 Å². The molecule has 0 aromatic rings. The first-order valence-corrected chi connectivity index (χ1v) is 2.67. The van der Waals surface area contributed by atoms with Crippen LogP contribution in [0.25, 0.3) is 0 Å². The van der Waals surface area contributed by atoms with Gasteiger partial charge in [0.15, 0.2) is 0 Å². The van der Waals surface area contributed by atoms with E-state index in [2.05, 4.69) is 5.16 Å². The van der Waals surface area contributed by atoms with Crippen molar-refractivity contribution in [3.05, 3.63) is 24.3 Å². The lowest BCUT2D eigenvalue weighted by atomic mass is 10.1. The summed E-state index contributed by atoms with van der Waals surface area (Å²) >= 11 is 0. The number of hydrogen-bond donors (Lipinski definition) is 2. The molecule has 0 saturated carbocycles. The van der Waals surface area contributed by atoms with E-state index in [-0.39, 0.29) is 11.8 Å². The summed E-state index contributed by atoms with van der Waals surface area (Å²) in [6.07, 6.45) is 7.44. The van der Waals surface area contributed by atoms with Gasteiger partial charge in [-0.05, 0) is 0 Å². The van der Waals surface area contributed by atoms with Crippen LogP contribution in [0.15, 0.2) is 29.5 Å². The maximum Gasteiger partial charge on any atom is 0.149 e. The van der Waals surface area contributed by atoms with Gasteiger partial charge < -0.3 is 10.9 Å². The second-order valence-corrected chi connectivity index (χ2v) is 1.82. The van der Waals surface area contributed by atoms with E-state index in [1.165, 1.54) is 0 Å². The number of nitrogens with two attached hydrogens (primary N) is 1. The molecule has 0 aromatic carbocycles. The van der Waals surface area contributed by atoms with Crippen molar-refractivity contribution in [2.75, 3.05) is 0 Å². The molecular formula is C6H8N2O. The zero-order valence-corrected chi connectivity index (χ0v) is 4.86. The molecule has 0 atom stereocenters. The molecule has 0 radical (unpaired) electrons. The van der Waals surface area contributed by atoms with Gasteiger partial charge in [-0.15, -0.1) is 0 Å². The van der Waals surface area contributed by atoms with Gasteiger partial charge in [0.2, 0.25) is 0 Å². The Balaban J connectivity index is 2.64. The zero-order valence-electron chi connectivity index (χ0n) is 4.86. The van der Waals surface area contributed by atoms with E-state index >= 15 is 0 Å². The Kier molecular flexibility index (Phi) is 1.53. The summed E-state index contributed by atoms with van der Waals surface area (Å²) in [7, 11) is 0. The van der Waals surface area contributed by atoms with Gasteiger partial charge in [-0.25, -0.2) is 0 Å². The average Bonchev–Trinajstić information content (AvgIpc) is 2.37. The molecule has 0 amide bonds. The number of hydrogen-bond acceptors (Lipinski definition) is 2. The number of nitrogens with zero attached hydrogens (tertiary/aromatic N) is 1. The molecule has 0 bridgehead atoms. The highest BCUT2D eigenvalue weighted by Crippen LogP contribution is 2.07. The third kappa shape index (κ3) is 1.10. The van der Waals surface area contributed by atoms with Gasteiger partial charge in [0.1, 0.15) is 5.84 Å². The van der Waals surface area contributed by atoms with Crippen molar-refractivity contribution >= 4 is 5.84 Å². The van der Waals surface area contributed by atoms with Crippen LogP contribution < -0.4 is 5.73 Å². The molecule has 0 aromatic heterocycles. The minimum absolute atomic E-state index is 0.00463. The molecule has 0 fully saturated rings. The summed E-state index contributed by atoms with van der Waals surface area (Å²) in [5.74, 6) is 0.231. The molecule has 0 unspecified atom stereocenters. The van der Waals surface area contributed by atoms with Crippen LogP contribution in [0.1, 0.15) is 0 Å². The average molecular weight is 124 g/mol. The Bertz CT molecular complexity index is 169. The van der Waals surface area contributed by atoms with Crippen LogP contribution in [0.4, 0.5) is 0 Å². The van der Waals surface area contributed by atoms with Gasteiger partial charge >= 0.3 is 0 Å². The minimum Gasteiger partial charge on any atom is -0.409 e. The van der Waals surface area contributed by atoms with Crippen LogP contribution in [0.2, 0.25) is 0 Å². The third-order valence-corrected chi connectivity index (χ3v) is 1.20. The van der Waals surface area contributed by atoms with Gasteiger partial charge in [-0.1, -0.05) is 29.5 Å². The van der Waals surface area contributed by atoms with Gasteiger partial charge in [-0.3, -0.25) is 0 Å². The second-order valence-electron chi connectivity index (χ2n) is 1.82. The first kappa shape index (κ1) is 5.88. The van der Waals surface area contributed by atoms with Gasteiger partial charge in [0.25, 0.3) is 0 Å². The van der Waals surface area contributed by atoms with E-state index < -0.39 is 0 Å².